The van der Waals surface area contributed by atoms with E-state index in [1.807, 2.05) is 18.2 Å². The standard InChI is InChI=1S/C18H14ClN3/c19-13-3-7-15-11(9-13)1-5-18-16-8-4-14(21-22-20)10-12(16)2-6-17(15)18/h1,3-5,7-9,14H,2,6,10H2. The Labute approximate surface area is 133 Å². The zero-order chi connectivity index (χ0) is 15.1. The molecule has 1 atom stereocenters. The predicted octanol–water partition coefficient (Wildman–Crippen LogP) is 5.83. The molecule has 0 saturated carbocycles. The van der Waals surface area contributed by atoms with E-state index in [2.05, 4.69) is 34.3 Å². The second-order valence-electron chi connectivity index (χ2n) is 5.81. The number of rotatable bonds is 1. The molecule has 0 spiro atoms. The molecule has 108 valence electrons. The third kappa shape index (κ3) is 2.10. The molecule has 0 amide bonds. The number of azide groups is 1. The van der Waals surface area contributed by atoms with Gasteiger partial charge >= 0.3 is 0 Å². The van der Waals surface area contributed by atoms with Crippen LogP contribution in [0.4, 0.5) is 0 Å². The van der Waals surface area contributed by atoms with Crippen LogP contribution in [0.2, 0.25) is 5.02 Å². The summed E-state index contributed by atoms with van der Waals surface area (Å²) < 4.78 is 0. The van der Waals surface area contributed by atoms with Gasteiger partial charge in [0.05, 0.1) is 6.04 Å². The largest absolute Gasteiger partial charge is 0.0862 e. The van der Waals surface area contributed by atoms with E-state index < -0.39 is 0 Å². The van der Waals surface area contributed by atoms with Crippen molar-refractivity contribution in [3.8, 4) is 0 Å². The monoisotopic (exact) mass is 307 g/mol. The second kappa shape index (κ2) is 5.20. The fourth-order valence-corrected chi connectivity index (χ4v) is 3.76. The molecule has 0 aromatic heterocycles. The smallest absolute Gasteiger partial charge is 0.0595 e. The molecule has 0 fully saturated rings. The molecule has 2 aliphatic carbocycles. The minimum Gasteiger partial charge on any atom is -0.0862 e. The molecule has 2 aromatic rings. The van der Waals surface area contributed by atoms with Crippen molar-refractivity contribution in [2.24, 2.45) is 5.11 Å². The van der Waals surface area contributed by atoms with E-state index in [1.165, 1.54) is 33.0 Å². The van der Waals surface area contributed by atoms with E-state index in [9.17, 15) is 0 Å². The quantitative estimate of drug-likeness (QED) is 0.361. The minimum absolute atomic E-state index is 0.0374. The highest BCUT2D eigenvalue weighted by molar-refractivity contribution is 6.31. The van der Waals surface area contributed by atoms with E-state index in [-0.39, 0.29) is 6.04 Å². The maximum atomic E-state index is 8.61. The normalized spacial score (nSPS) is 19.6. The highest BCUT2D eigenvalue weighted by Crippen LogP contribution is 2.40. The summed E-state index contributed by atoms with van der Waals surface area (Å²) >= 11 is 6.10. The average Bonchev–Trinajstić information content (AvgIpc) is 2.54. The van der Waals surface area contributed by atoms with Crippen LogP contribution in [-0.4, -0.2) is 6.04 Å². The van der Waals surface area contributed by atoms with Gasteiger partial charge in [-0.1, -0.05) is 52.6 Å². The Balaban J connectivity index is 1.85. The van der Waals surface area contributed by atoms with Crippen molar-refractivity contribution in [3.05, 3.63) is 74.6 Å². The first kappa shape index (κ1) is 13.4. The molecule has 0 radical (unpaired) electrons. The minimum atomic E-state index is -0.0374. The van der Waals surface area contributed by atoms with E-state index in [0.29, 0.717) is 0 Å². The number of aryl methyl sites for hydroxylation is 1. The molecular formula is C18H14ClN3. The lowest BCUT2D eigenvalue weighted by molar-refractivity contribution is 0.738. The summed E-state index contributed by atoms with van der Waals surface area (Å²) in [6, 6.07) is 10.4. The first-order chi connectivity index (χ1) is 10.8. The Kier molecular flexibility index (Phi) is 3.18. The van der Waals surface area contributed by atoms with Crippen molar-refractivity contribution in [2.75, 3.05) is 0 Å². The molecule has 0 heterocycles. The van der Waals surface area contributed by atoms with Gasteiger partial charge in [-0.2, -0.15) is 0 Å². The van der Waals surface area contributed by atoms with Crippen molar-refractivity contribution in [1.82, 2.24) is 0 Å². The topological polar surface area (TPSA) is 48.8 Å². The fraction of sp³-hybridized carbons (Fsp3) is 0.222. The Morgan fingerprint density at radius 2 is 2.09 bits per heavy atom. The van der Waals surface area contributed by atoms with E-state index in [0.717, 1.165) is 24.3 Å². The Morgan fingerprint density at radius 1 is 1.18 bits per heavy atom. The summed E-state index contributed by atoms with van der Waals surface area (Å²) in [5.74, 6) is 0. The molecule has 1 unspecified atom stereocenters. The molecular weight excluding hydrogens is 294 g/mol. The summed E-state index contributed by atoms with van der Waals surface area (Å²) in [5, 5.41) is 7.10. The summed E-state index contributed by atoms with van der Waals surface area (Å²) in [7, 11) is 0. The molecule has 4 heteroatoms. The summed E-state index contributed by atoms with van der Waals surface area (Å²) in [6.07, 6.45) is 7.04. The van der Waals surface area contributed by atoms with Gasteiger partial charge in [-0.05, 0) is 64.4 Å². The Bertz CT molecular complexity index is 889. The lowest BCUT2D eigenvalue weighted by atomic mass is 9.79. The number of hydrogen-bond donors (Lipinski definition) is 0. The van der Waals surface area contributed by atoms with Crippen molar-refractivity contribution >= 4 is 27.9 Å². The molecule has 4 rings (SSSR count). The predicted molar refractivity (Wildman–Crippen MR) is 90.9 cm³/mol. The van der Waals surface area contributed by atoms with E-state index in [1.54, 1.807) is 0 Å². The van der Waals surface area contributed by atoms with Gasteiger partial charge in [0.1, 0.15) is 0 Å². The third-order valence-electron chi connectivity index (χ3n) is 4.58. The SMILES string of the molecule is [N-]=[N+]=NC1C=CC2=C(CCc3c2ccc2cc(Cl)ccc32)C1. The summed E-state index contributed by atoms with van der Waals surface area (Å²) in [4.78, 5) is 2.93. The summed E-state index contributed by atoms with van der Waals surface area (Å²) in [5.41, 5.74) is 14.0. The van der Waals surface area contributed by atoms with Gasteiger partial charge in [0.15, 0.2) is 0 Å². The molecule has 2 aliphatic rings. The van der Waals surface area contributed by atoms with Gasteiger partial charge in [-0.25, -0.2) is 0 Å². The summed E-state index contributed by atoms with van der Waals surface area (Å²) in [6.45, 7) is 0. The maximum Gasteiger partial charge on any atom is 0.0595 e. The number of nitrogens with zero attached hydrogens (tertiary/aromatic N) is 3. The van der Waals surface area contributed by atoms with Gasteiger partial charge in [0.2, 0.25) is 0 Å². The van der Waals surface area contributed by atoms with Crippen molar-refractivity contribution < 1.29 is 0 Å². The number of fused-ring (bicyclic) bond motifs is 4. The van der Waals surface area contributed by atoms with Crippen molar-refractivity contribution in [1.29, 1.82) is 0 Å². The number of hydrogen-bond acceptors (Lipinski definition) is 1. The first-order valence-corrected chi connectivity index (χ1v) is 7.80. The first-order valence-electron chi connectivity index (χ1n) is 7.42. The van der Waals surface area contributed by atoms with Gasteiger partial charge in [0.25, 0.3) is 0 Å². The zero-order valence-electron chi connectivity index (χ0n) is 12.0. The fourth-order valence-electron chi connectivity index (χ4n) is 3.58. The van der Waals surface area contributed by atoms with Crippen molar-refractivity contribution in [2.45, 2.75) is 25.3 Å². The highest BCUT2D eigenvalue weighted by atomic mass is 35.5. The highest BCUT2D eigenvalue weighted by Gasteiger charge is 2.23. The van der Waals surface area contributed by atoms with Crippen LogP contribution in [0, 0.1) is 0 Å². The second-order valence-corrected chi connectivity index (χ2v) is 6.25. The lowest BCUT2D eigenvalue weighted by Crippen LogP contribution is -2.13. The van der Waals surface area contributed by atoms with Crippen LogP contribution in [0.15, 0.2) is 53.2 Å². The van der Waals surface area contributed by atoms with Crippen LogP contribution >= 0.6 is 11.6 Å². The molecule has 0 saturated heterocycles. The molecule has 22 heavy (non-hydrogen) atoms. The Hall–Kier alpha value is -2.22. The van der Waals surface area contributed by atoms with E-state index >= 15 is 0 Å². The molecule has 2 aromatic carbocycles. The van der Waals surface area contributed by atoms with Crippen LogP contribution in [0.1, 0.15) is 24.0 Å². The van der Waals surface area contributed by atoms with Crippen LogP contribution in [0.3, 0.4) is 0 Å². The third-order valence-corrected chi connectivity index (χ3v) is 4.82. The van der Waals surface area contributed by atoms with E-state index in [4.69, 9.17) is 17.1 Å². The molecule has 3 nitrogen and oxygen atoms in total. The molecule has 0 aliphatic heterocycles. The van der Waals surface area contributed by atoms with Crippen LogP contribution < -0.4 is 0 Å². The molecule has 0 N–H and O–H groups in total. The average molecular weight is 308 g/mol. The van der Waals surface area contributed by atoms with Crippen molar-refractivity contribution in [3.63, 3.8) is 0 Å². The molecule has 0 bridgehead atoms. The lowest BCUT2D eigenvalue weighted by Gasteiger charge is -2.27. The number of benzene rings is 2. The zero-order valence-corrected chi connectivity index (χ0v) is 12.7. The number of allylic oxidation sites excluding steroid dienone is 2. The van der Waals surface area contributed by atoms with Gasteiger partial charge in [-0.15, -0.1) is 0 Å². The van der Waals surface area contributed by atoms with Gasteiger partial charge in [-0.3, -0.25) is 0 Å². The number of halogens is 1. The van der Waals surface area contributed by atoms with Crippen LogP contribution in [0.5, 0.6) is 0 Å². The van der Waals surface area contributed by atoms with Gasteiger partial charge < -0.3 is 0 Å². The van der Waals surface area contributed by atoms with Crippen LogP contribution in [0.25, 0.3) is 26.8 Å². The van der Waals surface area contributed by atoms with Gasteiger partial charge in [0, 0.05) is 9.93 Å². The maximum absolute atomic E-state index is 8.61. The Morgan fingerprint density at radius 3 is 2.95 bits per heavy atom. The van der Waals surface area contributed by atoms with Crippen LogP contribution in [-0.2, 0) is 6.42 Å².